The fourth-order valence-corrected chi connectivity index (χ4v) is 2.05. The van der Waals surface area contributed by atoms with Crippen LogP contribution in [0.5, 0.6) is 0 Å². The summed E-state index contributed by atoms with van der Waals surface area (Å²) in [5.41, 5.74) is 2.92. The van der Waals surface area contributed by atoms with E-state index in [0.29, 0.717) is 0 Å². The van der Waals surface area contributed by atoms with Gasteiger partial charge in [0.2, 0.25) is 5.52 Å². The van der Waals surface area contributed by atoms with Crippen molar-refractivity contribution in [3.8, 4) is 0 Å². The maximum Gasteiger partial charge on any atom is 0.215 e. The molecule has 0 bridgehead atoms. The number of rotatable bonds is 0. The van der Waals surface area contributed by atoms with Crippen LogP contribution in [0.2, 0.25) is 0 Å². The van der Waals surface area contributed by atoms with E-state index in [4.69, 9.17) is 0 Å². The maximum atomic E-state index is 2.34. The molecule has 0 N–H and O–H groups in total. The van der Waals surface area contributed by atoms with Gasteiger partial charge in [0.1, 0.15) is 0 Å². The van der Waals surface area contributed by atoms with Gasteiger partial charge in [-0.15, -0.1) is 0 Å². The summed E-state index contributed by atoms with van der Waals surface area (Å²) in [6, 6.07) is 10.9. The van der Waals surface area contributed by atoms with Crippen LogP contribution in [0.15, 0.2) is 36.5 Å². The molecule has 2 heterocycles. The third-order valence-corrected chi connectivity index (χ3v) is 2.60. The fraction of sp³-hybridized carbons (Fsp3) is 0.182. The predicted octanol–water partition coefficient (Wildman–Crippen LogP) is 1.68. The van der Waals surface area contributed by atoms with Gasteiger partial charge in [-0.25, -0.2) is 0 Å². The number of benzene rings is 1. The Morgan fingerprint density at radius 2 is 2.00 bits per heavy atom. The summed E-state index contributed by atoms with van der Waals surface area (Å²) in [5, 5.41) is 1.37. The number of hydrogen-bond acceptors (Lipinski definition) is 0. The number of nitrogens with zero attached hydrogens (tertiary/aromatic N) is 1. The second-order valence-electron chi connectivity index (χ2n) is 3.31. The molecule has 0 spiro atoms. The van der Waals surface area contributed by atoms with Gasteiger partial charge in [-0.2, -0.15) is 4.57 Å². The topological polar surface area (TPSA) is 3.88 Å². The van der Waals surface area contributed by atoms with E-state index in [2.05, 4.69) is 41.1 Å². The average molecular weight is 156 g/mol. The molecule has 1 aromatic heterocycles. The number of para-hydroxylation sites is 1. The summed E-state index contributed by atoms with van der Waals surface area (Å²) in [6.07, 6.45) is 3.36. The first-order valence-electron chi connectivity index (χ1n) is 4.35. The normalized spacial score (nSPS) is 14.0. The molecule has 0 saturated heterocycles. The van der Waals surface area contributed by atoms with E-state index < -0.39 is 0 Å². The Labute approximate surface area is 71.3 Å². The van der Waals surface area contributed by atoms with Gasteiger partial charge in [0.15, 0.2) is 12.7 Å². The first-order chi connectivity index (χ1) is 5.95. The highest BCUT2D eigenvalue weighted by Gasteiger charge is 2.19. The number of hydrogen-bond donors (Lipinski definition) is 0. The molecule has 2 aromatic rings. The Hall–Kier alpha value is -1.37. The zero-order valence-electron chi connectivity index (χ0n) is 6.83. The molecule has 0 fully saturated rings. The van der Waals surface area contributed by atoms with Crippen molar-refractivity contribution < 1.29 is 4.57 Å². The van der Waals surface area contributed by atoms with Crippen LogP contribution in [-0.4, -0.2) is 0 Å². The largest absolute Gasteiger partial charge is 0.215 e. The molecular formula is C11H10N+. The molecule has 12 heavy (non-hydrogen) atoms. The highest BCUT2D eigenvalue weighted by atomic mass is 15.0. The minimum absolute atomic E-state index is 1.15. The highest BCUT2D eigenvalue weighted by molar-refractivity contribution is 5.79. The average Bonchev–Trinajstić information content (AvgIpc) is 2.52. The molecule has 1 aliphatic rings. The summed E-state index contributed by atoms with van der Waals surface area (Å²) in [5.74, 6) is 0. The molecule has 0 aliphatic carbocycles. The lowest BCUT2D eigenvalue weighted by Gasteiger charge is -1.93. The van der Waals surface area contributed by atoms with Crippen LogP contribution in [-0.2, 0) is 13.0 Å². The standard InChI is InChI=1S/C11H10N/c1-3-9-5-2-7-12-8-6-10(4-1)11(9)12/h1-5,7H,6,8H2/q+1. The SMILES string of the molecule is c1cc2c3c(c1)ccc[n+]3CC2. The molecule has 1 heteroatoms. The molecule has 0 unspecified atom stereocenters. The van der Waals surface area contributed by atoms with Crippen molar-refractivity contribution in [1.29, 1.82) is 0 Å². The quantitative estimate of drug-likeness (QED) is 0.511. The van der Waals surface area contributed by atoms with E-state index in [1.807, 2.05) is 0 Å². The monoisotopic (exact) mass is 156 g/mol. The van der Waals surface area contributed by atoms with E-state index in [1.54, 1.807) is 0 Å². The highest BCUT2D eigenvalue weighted by Crippen LogP contribution is 2.18. The molecule has 3 rings (SSSR count). The molecule has 58 valence electrons. The fourth-order valence-electron chi connectivity index (χ4n) is 2.05. The zero-order chi connectivity index (χ0) is 7.97. The van der Waals surface area contributed by atoms with E-state index in [9.17, 15) is 0 Å². The van der Waals surface area contributed by atoms with Crippen LogP contribution in [0.25, 0.3) is 10.9 Å². The van der Waals surface area contributed by atoms with Gasteiger partial charge in [-0.1, -0.05) is 12.1 Å². The molecule has 0 radical (unpaired) electrons. The molecule has 1 aliphatic heterocycles. The van der Waals surface area contributed by atoms with Gasteiger partial charge >= 0.3 is 0 Å². The lowest BCUT2D eigenvalue weighted by molar-refractivity contribution is -0.664. The van der Waals surface area contributed by atoms with Crippen LogP contribution < -0.4 is 4.57 Å². The second kappa shape index (κ2) is 2.07. The summed E-state index contributed by atoms with van der Waals surface area (Å²) < 4.78 is 2.34. The number of aromatic nitrogens is 1. The number of pyridine rings is 1. The molecule has 1 aromatic carbocycles. The van der Waals surface area contributed by atoms with Crippen molar-refractivity contribution >= 4 is 10.9 Å². The Morgan fingerprint density at radius 3 is 3.00 bits per heavy atom. The van der Waals surface area contributed by atoms with Crippen molar-refractivity contribution in [2.24, 2.45) is 0 Å². The number of aryl methyl sites for hydroxylation is 2. The minimum atomic E-state index is 1.15. The van der Waals surface area contributed by atoms with Crippen LogP contribution in [0.4, 0.5) is 0 Å². The van der Waals surface area contributed by atoms with Crippen molar-refractivity contribution in [2.45, 2.75) is 13.0 Å². The van der Waals surface area contributed by atoms with E-state index >= 15 is 0 Å². The Kier molecular flexibility index (Phi) is 1.06. The minimum Gasteiger partial charge on any atom is -0.198 e. The van der Waals surface area contributed by atoms with Gasteiger partial charge in [0, 0.05) is 23.4 Å². The third kappa shape index (κ3) is 0.658. The lowest BCUT2D eigenvalue weighted by atomic mass is 10.1. The van der Waals surface area contributed by atoms with Crippen LogP contribution in [0.1, 0.15) is 5.56 Å². The van der Waals surface area contributed by atoms with Crippen molar-refractivity contribution in [1.82, 2.24) is 0 Å². The smallest absolute Gasteiger partial charge is 0.198 e. The van der Waals surface area contributed by atoms with Crippen LogP contribution in [0, 0.1) is 0 Å². The van der Waals surface area contributed by atoms with Gasteiger partial charge in [0.25, 0.3) is 0 Å². The van der Waals surface area contributed by atoms with Crippen LogP contribution >= 0.6 is 0 Å². The van der Waals surface area contributed by atoms with Gasteiger partial charge in [-0.3, -0.25) is 0 Å². The summed E-state index contributed by atoms with van der Waals surface area (Å²) in [7, 11) is 0. The molecule has 0 amide bonds. The molecule has 0 saturated carbocycles. The van der Waals surface area contributed by atoms with Gasteiger partial charge in [-0.05, 0) is 12.1 Å². The Balaban J connectivity index is 2.58. The Morgan fingerprint density at radius 1 is 1.08 bits per heavy atom. The van der Waals surface area contributed by atoms with Crippen molar-refractivity contribution in [3.63, 3.8) is 0 Å². The molecule has 0 atom stereocenters. The van der Waals surface area contributed by atoms with Crippen LogP contribution in [0.3, 0.4) is 0 Å². The summed E-state index contributed by atoms with van der Waals surface area (Å²) in [4.78, 5) is 0. The summed E-state index contributed by atoms with van der Waals surface area (Å²) in [6.45, 7) is 1.15. The Bertz CT molecular complexity index is 407. The third-order valence-electron chi connectivity index (χ3n) is 2.60. The first-order valence-corrected chi connectivity index (χ1v) is 4.35. The van der Waals surface area contributed by atoms with Gasteiger partial charge < -0.3 is 0 Å². The van der Waals surface area contributed by atoms with Gasteiger partial charge in [0.05, 0.1) is 0 Å². The summed E-state index contributed by atoms with van der Waals surface area (Å²) >= 11 is 0. The van der Waals surface area contributed by atoms with Crippen molar-refractivity contribution in [2.75, 3.05) is 0 Å². The zero-order valence-corrected chi connectivity index (χ0v) is 6.83. The van der Waals surface area contributed by atoms with E-state index in [-0.39, 0.29) is 0 Å². The predicted molar refractivity (Wildman–Crippen MR) is 47.8 cm³/mol. The molecular weight excluding hydrogens is 146 g/mol. The second-order valence-corrected chi connectivity index (χ2v) is 3.31. The van der Waals surface area contributed by atoms with Crippen molar-refractivity contribution in [3.05, 3.63) is 42.1 Å². The molecule has 1 nitrogen and oxygen atoms in total. The lowest BCUT2D eigenvalue weighted by Crippen LogP contribution is -2.30. The maximum absolute atomic E-state index is 2.34. The first kappa shape index (κ1) is 6.18. The van der Waals surface area contributed by atoms with E-state index in [1.165, 1.54) is 22.9 Å². The van der Waals surface area contributed by atoms with E-state index in [0.717, 1.165) is 6.54 Å².